The third-order valence-corrected chi connectivity index (χ3v) is 2.49. The van der Waals surface area contributed by atoms with Crippen molar-refractivity contribution >= 4 is 5.91 Å². The Labute approximate surface area is 99.7 Å². The molecule has 0 radical (unpaired) electrons. The van der Waals surface area contributed by atoms with Gasteiger partial charge in [-0.15, -0.1) is 0 Å². The van der Waals surface area contributed by atoms with Crippen molar-refractivity contribution in [1.29, 1.82) is 0 Å². The fraction of sp³-hybridized carbons (Fsp3) is 0.417. The molecule has 0 aliphatic heterocycles. The standard InChI is InChI=1S/C12H17NO4/c1-2-8(14)6-7-13-12(17)9-4-3-5-10(15)11(9)16/h3-5,8,14-16H,2,6-7H2,1H3,(H,13,17). The van der Waals surface area contributed by atoms with Crippen LogP contribution in [-0.2, 0) is 0 Å². The normalized spacial score (nSPS) is 12.1. The minimum Gasteiger partial charge on any atom is -0.504 e. The van der Waals surface area contributed by atoms with Gasteiger partial charge in [0.15, 0.2) is 11.5 Å². The number of carbonyl (C=O) groups excluding carboxylic acids is 1. The number of para-hydroxylation sites is 1. The molecule has 0 aromatic heterocycles. The Morgan fingerprint density at radius 1 is 1.41 bits per heavy atom. The number of benzene rings is 1. The number of aliphatic hydroxyl groups excluding tert-OH is 1. The molecule has 0 bridgehead atoms. The van der Waals surface area contributed by atoms with Gasteiger partial charge in [0.25, 0.3) is 5.91 Å². The molecule has 1 aromatic carbocycles. The molecule has 1 unspecified atom stereocenters. The first-order valence-corrected chi connectivity index (χ1v) is 5.53. The molecule has 0 saturated carbocycles. The number of aliphatic hydroxyl groups is 1. The van der Waals surface area contributed by atoms with Crippen LogP contribution in [0.3, 0.4) is 0 Å². The SMILES string of the molecule is CCC(O)CCNC(=O)c1cccc(O)c1O. The molecular weight excluding hydrogens is 222 g/mol. The van der Waals surface area contributed by atoms with Crippen LogP contribution in [0.4, 0.5) is 0 Å². The maximum absolute atomic E-state index is 11.6. The van der Waals surface area contributed by atoms with Crippen molar-refractivity contribution < 1.29 is 20.1 Å². The molecule has 1 aromatic rings. The third kappa shape index (κ3) is 3.64. The Bertz CT molecular complexity index is 392. The largest absolute Gasteiger partial charge is 0.504 e. The van der Waals surface area contributed by atoms with Crippen molar-refractivity contribution in [2.45, 2.75) is 25.9 Å². The second-order valence-corrected chi connectivity index (χ2v) is 3.78. The molecule has 1 atom stereocenters. The molecule has 94 valence electrons. The van der Waals surface area contributed by atoms with E-state index in [9.17, 15) is 20.1 Å². The molecular formula is C12H17NO4. The minimum absolute atomic E-state index is 0.0241. The van der Waals surface area contributed by atoms with Crippen molar-refractivity contribution in [3.63, 3.8) is 0 Å². The number of hydrogen-bond donors (Lipinski definition) is 4. The molecule has 17 heavy (non-hydrogen) atoms. The summed E-state index contributed by atoms with van der Waals surface area (Å²) in [7, 11) is 0. The first-order chi connectivity index (χ1) is 8.06. The summed E-state index contributed by atoms with van der Waals surface area (Å²) in [5.41, 5.74) is 0.0241. The first kappa shape index (κ1) is 13.3. The summed E-state index contributed by atoms with van der Waals surface area (Å²) < 4.78 is 0. The molecule has 0 spiro atoms. The van der Waals surface area contributed by atoms with E-state index in [1.54, 1.807) is 0 Å². The maximum atomic E-state index is 11.6. The van der Waals surface area contributed by atoms with Crippen molar-refractivity contribution in [3.05, 3.63) is 23.8 Å². The highest BCUT2D eigenvalue weighted by Crippen LogP contribution is 2.27. The molecule has 4 N–H and O–H groups in total. The second-order valence-electron chi connectivity index (χ2n) is 3.78. The van der Waals surface area contributed by atoms with Crippen molar-refractivity contribution in [1.82, 2.24) is 5.32 Å². The van der Waals surface area contributed by atoms with Gasteiger partial charge in [0.1, 0.15) is 0 Å². The zero-order valence-corrected chi connectivity index (χ0v) is 9.68. The first-order valence-electron chi connectivity index (χ1n) is 5.53. The Balaban J connectivity index is 2.56. The average molecular weight is 239 g/mol. The monoisotopic (exact) mass is 239 g/mol. The van der Waals surface area contributed by atoms with Crippen LogP contribution in [0.2, 0.25) is 0 Å². The van der Waals surface area contributed by atoms with Crippen LogP contribution >= 0.6 is 0 Å². The van der Waals surface area contributed by atoms with E-state index in [1.807, 2.05) is 6.92 Å². The highest BCUT2D eigenvalue weighted by molar-refractivity contribution is 5.97. The number of hydrogen-bond acceptors (Lipinski definition) is 4. The number of nitrogens with one attached hydrogen (secondary N) is 1. The van der Waals surface area contributed by atoms with Gasteiger partial charge in [-0.3, -0.25) is 4.79 Å². The molecule has 5 nitrogen and oxygen atoms in total. The quantitative estimate of drug-likeness (QED) is 0.577. The van der Waals surface area contributed by atoms with Crippen LogP contribution in [0.5, 0.6) is 11.5 Å². The number of aromatic hydroxyl groups is 2. The third-order valence-electron chi connectivity index (χ3n) is 2.49. The summed E-state index contributed by atoms with van der Waals surface area (Å²) in [5.74, 6) is -1.23. The summed E-state index contributed by atoms with van der Waals surface area (Å²) in [6.07, 6.45) is 0.655. The van der Waals surface area contributed by atoms with E-state index in [-0.39, 0.29) is 11.3 Å². The highest BCUT2D eigenvalue weighted by atomic mass is 16.3. The minimum atomic E-state index is -0.471. The Morgan fingerprint density at radius 3 is 2.76 bits per heavy atom. The summed E-state index contributed by atoms with van der Waals surface area (Å²) in [5, 5.41) is 30.6. The van der Waals surface area contributed by atoms with Crippen LogP contribution < -0.4 is 5.32 Å². The molecule has 0 aliphatic carbocycles. The number of rotatable bonds is 5. The fourth-order valence-electron chi connectivity index (χ4n) is 1.37. The fourth-order valence-corrected chi connectivity index (χ4v) is 1.37. The lowest BCUT2D eigenvalue weighted by atomic mass is 10.1. The number of amides is 1. The van der Waals surface area contributed by atoms with Gasteiger partial charge in [-0.05, 0) is 25.0 Å². The Kier molecular flexibility index (Phi) is 4.78. The zero-order chi connectivity index (χ0) is 12.8. The van der Waals surface area contributed by atoms with Gasteiger partial charge in [0, 0.05) is 6.54 Å². The van der Waals surface area contributed by atoms with Crippen molar-refractivity contribution in [2.24, 2.45) is 0 Å². The topological polar surface area (TPSA) is 89.8 Å². The van der Waals surface area contributed by atoms with E-state index in [0.717, 1.165) is 0 Å². The molecule has 0 heterocycles. The zero-order valence-electron chi connectivity index (χ0n) is 9.68. The smallest absolute Gasteiger partial charge is 0.255 e. The Morgan fingerprint density at radius 2 is 2.12 bits per heavy atom. The average Bonchev–Trinajstić information content (AvgIpc) is 2.32. The molecule has 0 saturated heterocycles. The van der Waals surface area contributed by atoms with Gasteiger partial charge in [-0.2, -0.15) is 0 Å². The Hall–Kier alpha value is -1.75. The lowest BCUT2D eigenvalue weighted by Crippen LogP contribution is -2.27. The van der Waals surface area contributed by atoms with Crippen LogP contribution in [0.25, 0.3) is 0 Å². The van der Waals surface area contributed by atoms with Gasteiger partial charge in [-0.1, -0.05) is 13.0 Å². The summed E-state index contributed by atoms with van der Waals surface area (Å²) in [6, 6.07) is 4.19. The van der Waals surface area contributed by atoms with Gasteiger partial charge < -0.3 is 20.6 Å². The predicted molar refractivity (Wildman–Crippen MR) is 63.0 cm³/mol. The predicted octanol–water partition coefficient (Wildman–Crippen LogP) is 0.989. The van der Waals surface area contributed by atoms with Gasteiger partial charge in [0.2, 0.25) is 0 Å². The van der Waals surface area contributed by atoms with Gasteiger partial charge >= 0.3 is 0 Å². The second kappa shape index (κ2) is 6.10. The summed E-state index contributed by atoms with van der Waals surface area (Å²) in [6.45, 7) is 2.18. The lowest BCUT2D eigenvalue weighted by molar-refractivity contribution is 0.0938. The summed E-state index contributed by atoms with van der Waals surface area (Å²) in [4.78, 5) is 11.6. The summed E-state index contributed by atoms with van der Waals surface area (Å²) >= 11 is 0. The molecule has 1 rings (SSSR count). The van der Waals surface area contributed by atoms with Crippen molar-refractivity contribution in [2.75, 3.05) is 6.54 Å². The van der Waals surface area contributed by atoms with Crippen LogP contribution in [0.1, 0.15) is 30.1 Å². The molecule has 5 heteroatoms. The van der Waals surface area contributed by atoms with E-state index in [2.05, 4.69) is 5.32 Å². The van der Waals surface area contributed by atoms with E-state index in [0.29, 0.717) is 19.4 Å². The number of phenols is 2. The number of phenolic OH excluding ortho intramolecular Hbond substituents is 2. The van der Waals surface area contributed by atoms with E-state index < -0.39 is 17.8 Å². The van der Waals surface area contributed by atoms with Crippen LogP contribution in [0, 0.1) is 0 Å². The van der Waals surface area contributed by atoms with Crippen molar-refractivity contribution in [3.8, 4) is 11.5 Å². The van der Waals surface area contributed by atoms with Crippen LogP contribution in [0.15, 0.2) is 18.2 Å². The maximum Gasteiger partial charge on any atom is 0.255 e. The van der Waals surface area contributed by atoms with E-state index in [4.69, 9.17) is 0 Å². The number of carbonyl (C=O) groups is 1. The van der Waals surface area contributed by atoms with Gasteiger partial charge in [0.05, 0.1) is 11.7 Å². The van der Waals surface area contributed by atoms with Crippen LogP contribution in [-0.4, -0.2) is 33.9 Å². The van der Waals surface area contributed by atoms with E-state index >= 15 is 0 Å². The van der Waals surface area contributed by atoms with E-state index in [1.165, 1.54) is 18.2 Å². The highest BCUT2D eigenvalue weighted by Gasteiger charge is 2.13. The molecule has 1 amide bonds. The molecule has 0 fully saturated rings. The molecule has 0 aliphatic rings. The van der Waals surface area contributed by atoms with Gasteiger partial charge in [-0.25, -0.2) is 0 Å². The lowest BCUT2D eigenvalue weighted by Gasteiger charge is -2.10.